The predicted octanol–water partition coefficient (Wildman–Crippen LogP) is 7.64. The van der Waals surface area contributed by atoms with Crippen LogP contribution in [-0.4, -0.2) is 24.8 Å². The Kier molecular flexibility index (Phi) is 6.90. The van der Waals surface area contributed by atoms with Crippen LogP contribution in [0.25, 0.3) is 0 Å². The first-order valence-corrected chi connectivity index (χ1v) is 14.3. The van der Waals surface area contributed by atoms with Crippen LogP contribution in [0.1, 0.15) is 83.8 Å². The number of allylic oxidation sites excluding steroid dienone is 2. The van der Waals surface area contributed by atoms with Crippen LogP contribution >= 0.6 is 0 Å². The lowest BCUT2D eigenvalue weighted by Gasteiger charge is -2.60. The molecular weight excluding hydrogens is 470 g/mol. The zero-order valence-electron chi connectivity index (χ0n) is 23.7. The van der Waals surface area contributed by atoms with Crippen molar-refractivity contribution in [2.75, 3.05) is 6.54 Å². The number of hydrogen-bond acceptors (Lipinski definition) is 4. The molecule has 38 heavy (non-hydrogen) atoms. The molecule has 3 aliphatic carbocycles. The lowest BCUT2D eigenvalue weighted by Crippen LogP contribution is -2.57. The van der Waals surface area contributed by atoms with Crippen LogP contribution in [-0.2, 0) is 16.0 Å². The third kappa shape index (κ3) is 4.15. The van der Waals surface area contributed by atoms with Gasteiger partial charge in [-0.2, -0.15) is 0 Å². The maximum Gasteiger partial charge on any atom is 0.139 e. The second-order valence-electron chi connectivity index (χ2n) is 13.3. The van der Waals surface area contributed by atoms with E-state index < -0.39 is 5.41 Å². The Hall–Kier alpha value is -2.75. The van der Waals surface area contributed by atoms with E-state index in [4.69, 9.17) is 9.41 Å². The molecule has 0 spiro atoms. The number of carbonyl (C=O) groups is 2. The summed E-state index contributed by atoms with van der Waals surface area (Å²) in [5.74, 6) is 0.508. The number of nitrogens with zero attached hydrogens (tertiary/aromatic N) is 1. The van der Waals surface area contributed by atoms with E-state index in [2.05, 4.69) is 63.4 Å². The number of carbonyl (C=O) groups excluding carboxylic acids is 2. The molecule has 2 saturated carbocycles. The van der Waals surface area contributed by atoms with Gasteiger partial charge in [0, 0.05) is 35.9 Å². The molecule has 0 radical (unpaired) electrons. The number of fused-ring (bicyclic) bond motifs is 1. The Labute approximate surface area is 228 Å². The first kappa shape index (κ1) is 26.8. The molecule has 1 aromatic carbocycles. The summed E-state index contributed by atoms with van der Waals surface area (Å²) in [5.41, 5.74) is 2.79. The molecule has 0 saturated heterocycles. The monoisotopic (exact) mass is 513 g/mol. The van der Waals surface area contributed by atoms with Gasteiger partial charge in [0.05, 0.1) is 12.5 Å². The molecule has 1 aromatic heterocycles. The van der Waals surface area contributed by atoms with Gasteiger partial charge < -0.3 is 9.21 Å². The maximum atomic E-state index is 13.0. The SMILES string of the molecule is CC1(C)C(=O)CC[C@](C)([C@H]2CC[C@]3(C)C(=CC[C@@H]3c3ccoc3)[C@]2(C)C=NCCc2ccccc2)[C@@H]1C=O. The van der Waals surface area contributed by atoms with Crippen molar-refractivity contribution < 1.29 is 14.0 Å². The van der Waals surface area contributed by atoms with E-state index in [-0.39, 0.29) is 33.9 Å². The second kappa shape index (κ2) is 9.77. The van der Waals surface area contributed by atoms with Crippen molar-refractivity contribution in [3.63, 3.8) is 0 Å². The van der Waals surface area contributed by atoms with Crippen LogP contribution in [0.15, 0.2) is 70.0 Å². The minimum absolute atomic E-state index is 0.00755. The van der Waals surface area contributed by atoms with Crippen LogP contribution in [0.3, 0.4) is 0 Å². The molecule has 0 bridgehead atoms. The molecule has 2 aromatic rings. The highest BCUT2D eigenvalue weighted by molar-refractivity contribution is 5.89. The first-order valence-electron chi connectivity index (χ1n) is 14.3. The maximum absolute atomic E-state index is 13.0. The number of rotatable bonds is 7. The summed E-state index contributed by atoms with van der Waals surface area (Å²) < 4.78 is 5.50. The van der Waals surface area contributed by atoms with Crippen molar-refractivity contribution in [2.24, 2.45) is 38.5 Å². The van der Waals surface area contributed by atoms with E-state index >= 15 is 0 Å². The van der Waals surface area contributed by atoms with E-state index in [0.717, 1.165) is 44.9 Å². The topological polar surface area (TPSA) is 59.6 Å². The van der Waals surface area contributed by atoms with Gasteiger partial charge in [-0.3, -0.25) is 9.79 Å². The van der Waals surface area contributed by atoms with Gasteiger partial charge in [0.25, 0.3) is 0 Å². The predicted molar refractivity (Wildman–Crippen MR) is 152 cm³/mol. The summed E-state index contributed by atoms with van der Waals surface area (Å²) in [6, 6.07) is 12.6. The molecule has 3 aliphatic rings. The molecule has 5 rings (SSSR count). The van der Waals surface area contributed by atoms with Crippen molar-refractivity contribution in [1.82, 2.24) is 0 Å². The fourth-order valence-electron chi connectivity index (χ4n) is 8.81. The molecule has 4 heteroatoms. The molecule has 202 valence electrons. The van der Waals surface area contributed by atoms with Gasteiger partial charge in [0.2, 0.25) is 0 Å². The second-order valence-corrected chi connectivity index (χ2v) is 13.3. The minimum Gasteiger partial charge on any atom is -0.472 e. The van der Waals surface area contributed by atoms with Crippen molar-refractivity contribution in [2.45, 2.75) is 79.1 Å². The number of ketones is 1. The number of Topliss-reactive ketones (excluding diaryl/α,β-unsaturated/α-hetero) is 1. The number of aliphatic imine (C=N–C) groups is 1. The Morgan fingerprint density at radius 3 is 2.50 bits per heavy atom. The van der Waals surface area contributed by atoms with Crippen LogP contribution in [0.5, 0.6) is 0 Å². The Morgan fingerprint density at radius 2 is 1.82 bits per heavy atom. The number of aldehydes is 1. The Morgan fingerprint density at radius 1 is 1.05 bits per heavy atom. The van der Waals surface area contributed by atoms with Gasteiger partial charge in [-0.25, -0.2) is 0 Å². The number of furan rings is 1. The first-order chi connectivity index (χ1) is 18.1. The third-order valence-corrected chi connectivity index (χ3v) is 10.9. The summed E-state index contributed by atoms with van der Waals surface area (Å²) >= 11 is 0. The minimum atomic E-state index is -0.649. The van der Waals surface area contributed by atoms with E-state index in [9.17, 15) is 9.59 Å². The lowest BCUT2D eigenvalue weighted by atomic mass is 9.43. The summed E-state index contributed by atoms with van der Waals surface area (Å²) in [5, 5.41) is 0. The highest BCUT2D eigenvalue weighted by Crippen LogP contribution is 2.68. The number of benzene rings is 1. The van der Waals surface area contributed by atoms with Gasteiger partial charge in [-0.1, -0.05) is 76.6 Å². The summed E-state index contributed by atoms with van der Waals surface area (Å²) in [4.78, 5) is 30.7. The molecule has 2 fully saturated rings. The van der Waals surface area contributed by atoms with Gasteiger partial charge in [0.1, 0.15) is 12.1 Å². The zero-order chi connectivity index (χ0) is 27.2. The smallest absolute Gasteiger partial charge is 0.139 e. The quantitative estimate of drug-likeness (QED) is 0.217. The van der Waals surface area contributed by atoms with E-state index in [1.165, 1.54) is 16.7 Å². The van der Waals surface area contributed by atoms with Crippen molar-refractivity contribution in [1.29, 1.82) is 0 Å². The molecule has 0 aliphatic heterocycles. The normalized spacial score (nSPS) is 36.7. The Balaban J connectivity index is 1.53. The summed E-state index contributed by atoms with van der Waals surface area (Å²) in [7, 11) is 0. The van der Waals surface area contributed by atoms with Gasteiger partial charge in [-0.15, -0.1) is 0 Å². The fraction of sp³-hybridized carbons (Fsp3) is 0.559. The summed E-state index contributed by atoms with van der Waals surface area (Å²) in [6.45, 7) is 11.8. The molecule has 0 amide bonds. The van der Waals surface area contributed by atoms with Crippen LogP contribution in [0, 0.1) is 33.5 Å². The standard InChI is InChI=1S/C34H43NO3/c1-31(2)29(21-36)33(4,18-14-30(31)37)28-13-17-32(3)26(25-16-20-38-22-25)11-12-27(32)34(28,5)23-35-19-15-24-9-7-6-8-10-24/h6-10,12,16,20-23,26,28-29H,11,13-15,17-19H2,1-5H3/t26-,28-,29-,32+,33-,34+/m1/s1. The van der Waals surface area contributed by atoms with Crippen LogP contribution < -0.4 is 0 Å². The van der Waals surface area contributed by atoms with Crippen molar-refractivity contribution in [3.05, 3.63) is 71.7 Å². The molecular formula is C34H43NO3. The van der Waals surface area contributed by atoms with Crippen molar-refractivity contribution in [3.8, 4) is 0 Å². The van der Waals surface area contributed by atoms with Crippen LogP contribution in [0.2, 0.25) is 0 Å². The number of hydrogen-bond donors (Lipinski definition) is 0. The molecule has 4 nitrogen and oxygen atoms in total. The van der Waals surface area contributed by atoms with Gasteiger partial charge in [-0.05, 0) is 72.0 Å². The highest BCUT2D eigenvalue weighted by Gasteiger charge is 2.63. The molecule has 0 unspecified atom stereocenters. The average molecular weight is 514 g/mol. The molecule has 0 N–H and O–H groups in total. The largest absolute Gasteiger partial charge is 0.472 e. The lowest BCUT2D eigenvalue weighted by molar-refractivity contribution is -0.152. The van der Waals surface area contributed by atoms with E-state index in [1.54, 1.807) is 6.26 Å². The fourth-order valence-corrected chi connectivity index (χ4v) is 8.81. The molecule has 1 heterocycles. The third-order valence-electron chi connectivity index (χ3n) is 10.9. The van der Waals surface area contributed by atoms with Crippen molar-refractivity contribution >= 4 is 18.3 Å². The summed E-state index contributed by atoms with van der Waals surface area (Å²) in [6.07, 6.45) is 14.7. The average Bonchev–Trinajstić information content (AvgIpc) is 3.53. The van der Waals surface area contributed by atoms with Crippen LogP contribution in [0.4, 0.5) is 0 Å². The van der Waals surface area contributed by atoms with E-state index in [1.807, 2.05) is 26.2 Å². The van der Waals surface area contributed by atoms with Gasteiger partial charge >= 0.3 is 0 Å². The van der Waals surface area contributed by atoms with Gasteiger partial charge in [0.15, 0.2) is 0 Å². The zero-order valence-corrected chi connectivity index (χ0v) is 23.7. The highest BCUT2D eigenvalue weighted by atomic mass is 16.3. The molecule has 6 atom stereocenters. The Bertz CT molecular complexity index is 1230. The van der Waals surface area contributed by atoms with E-state index in [0.29, 0.717) is 12.3 Å².